The average molecular weight is 996 g/mol. The van der Waals surface area contributed by atoms with E-state index in [2.05, 4.69) is 147 Å². The molecule has 6 heteroatoms. The second-order valence-electron chi connectivity index (χ2n) is 16.4. The van der Waals surface area contributed by atoms with E-state index in [1.165, 1.54) is 27.9 Å². The predicted octanol–water partition coefficient (Wildman–Crippen LogP) is 15.6. The van der Waals surface area contributed by atoms with Gasteiger partial charge in [-0.2, -0.15) is 0 Å². The molecule has 0 atom stereocenters. The molecule has 0 fully saturated rings. The van der Waals surface area contributed by atoms with Crippen molar-refractivity contribution < 1.29 is 28.9 Å². The molecule has 0 aliphatic heterocycles. The molecule has 0 unspecified atom stereocenters. The van der Waals surface area contributed by atoms with Crippen molar-refractivity contribution in [3.63, 3.8) is 0 Å². The van der Waals surface area contributed by atoms with Gasteiger partial charge in [0.1, 0.15) is 5.58 Å². The smallest absolute Gasteiger partial charge is 0.123 e. The molecule has 63 heavy (non-hydrogen) atoms. The standard InChI is InChI=1S/C46H37N2O2.C11H8N.Ir/c1-27(2)34-24-32(30-16-8-6-9-17-30)25-35(28(3)4)42(34)48-39-22-14-13-21-38(39)47-46(48)37-26-36-29(5)43(31-18-10-7-11-19-31)50-44(36)41-33-20-12-15-23-40(33)49-45(37)41;1-2-6-10(7-3-1)11-8-4-5-9-12-11;/h6-25,27-28H,1-5H3;1-6,8-9H;/q2*-1;. The Hall–Kier alpha value is -6.85. The number of para-hydroxylation sites is 3. The van der Waals surface area contributed by atoms with Crippen molar-refractivity contribution >= 4 is 43.9 Å². The molecule has 0 bridgehead atoms. The Kier molecular flexibility index (Phi) is 11.5. The first-order chi connectivity index (χ1) is 30.4. The summed E-state index contributed by atoms with van der Waals surface area (Å²) < 4.78 is 15.9. The molecule has 311 valence electrons. The summed E-state index contributed by atoms with van der Waals surface area (Å²) in [6.07, 6.45) is 1.79. The van der Waals surface area contributed by atoms with E-state index in [1.807, 2.05) is 72.8 Å². The molecule has 0 amide bonds. The van der Waals surface area contributed by atoms with Gasteiger partial charge in [0, 0.05) is 48.3 Å². The molecule has 4 heterocycles. The van der Waals surface area contributed by atoms with Crippen molar-refractivity contribution in [2.45, 2.75) is 46.5 Å². The van der Waals surface area contributed by atoms with Gasteiger partial charge in [0.05, 0.1) is 33.8 Å². The summed E-state index contributed by atoms with van der Waals surface area (Å²) >= 11 is 0. The van der Waals surface area contributed by atoms with Crippen LogP contribution < -0.4 is 0 Å². The molecule has 0 aliphatic carbocycles. The topological polar surface area (TPSA) is 57.0 Å². The van der Waals surface area contributed by atoms with Gasteiger partial charge < -0.3 is 18.4 Å². The van der Waals surface area contributed by atoms with E-state index in [0.717, 1.165) is 83.5 Å². The van der Waals surface area contributed by atoms with Crippen molar-refractivity contribution in [1.82, 2.24) is 14.5 Å². The molecular weight excluding hydrogens is 951 g/mol. The van der Waals surface area contributed by atoms with Gasteiger partial charge in [-0.1, -0.05) is 149 Å². The van der Waals surface area contributed by atoms with E-state index in [0.29, 0.717) is 0 Å². The van der Waals surface area contributed by atoms with E-state index in [1.54, 1.807) is 6.20 Å². The molecule has 5 nitrogen and oxygen atoms in total. The zero-order chi connectivity index (χ0) is 42.3. The summed E-state index contributed by atoms with van der Waals surface area (Å²) in [6, 6.07) is 63.0. The third-order valence-electron chi connectivity index (χ3n) is 11.7. The van der Waals surface area contributed by atoms with Crippen LogP contribution in [-0.4, -0.2) is 14.5 Å². The summed E-state index contributed by atoms with van der Waals surface area (Å²) in [5.74, 6) is 2.15. The Morgan fingerprint density at radius 2 is 1.27 bits per heavy atom. The number of fused-ring (bicyclic) bond motifs is 6. The number of hydrogen-bond donors (Lipinski definition) is 0. The molecular formula is C57H45IrN3O2-2. The Labute approximate surface area is 381 Å². The Bertz CT molecular complexity index is 3280. The van der Waals surface area contributed by atoms with E-state index < -0.39 is 0 Å². The van der Waals surface area contributed by atoms with Crippen molar-refractivity contribution in [2.75, 3.05) is 0 Å². The summed E-state index contributed by atoms with van der Waals surface area (Å²) in [4.78, 5) is 9.62. The van der Waals surface area contributed by atoms with Crippen molar-refractivity contribution in [2.24, 2.45) is 0 Å². The summed E-state index contributed by atoms with van der Waals surface area (Å²) in [5.41, 5.74) is 15.3. The van der Waals surface area contributed by atoms with Crippen LogP contribution in [0.3, 0.4) is 0 Å². The summed E-state index contributed by atoms with van der Waals surface area (Å²) in [5, 5.41) is 2.89. The van der Waals surface area contributed by atoms with Gasteiger partial charge in [-0.25, -0.2) is 0 Å². The number of furan rings is 2. The van der Waals surface area contributed by atoms with Crippen LogP contribution in [0.5, 0.6) is 0 Å². The van der Waals surface area contributed by atoms with Crippen LogP contribution in [0.15, 0.2) is 179 Å². The van der Waals surface area contributed by atoms with E-state index in [9.17, 15) is 0 Å². The number of aryl methyl sites for hydroxylation is 1. The first-order valence-corrected chi connectivity index (χ1v) is 21.3. The van der Waals surface area contributed by atoms with Crippen molar-refractivity contribution in [3.8, 4) is 50.8 Å². The second-order valence-corrected chi connectivity index (χ2v) is 16.4. The normalized spacial score (nSPS) is 11.4. The monoisotopic (exact) mass is 996 g/mol. The maximum atomic E-state index is 6.78. The fourth-order valence-corrected chi connectivity index (χ4v) is 8.60. The molecule has 0 aliphatic rings. The van der Waals surface area contributed by atoms with Crippen LogP contribution in [0.4, 0.5) is 0 Å². The van der Waals surface area contributed by atoms with Crippen LogP contribution in [0, 0.1) is 19.1 Å². The zero-order valence-electron chi connectivity index (χ0n) is 35.8. The van der Waals surface area contributed by atoms with Gasteiger partial charge >= 0.3 is 0 Å². The number of aromatic nitrogens is 3. The van der Waals surface area contributed by atoms with Crippen LogP contribution in [0.25, 0.3) is 94.7 Å². The number of hydrogen-bond acceptors (Lipinski definition) is 4. The number of rotatable bonds is 7. The SMILES string of the molecule is Cc1c(-c2ccccc2)oc2c1[c-]c(-c1nc3ccccc3n1-c1c(C(C)C)cc(-c3ccccc3)cc1C(C)C)c1oc3ccccc3c12.[Ir].[c-]1ccccc1-c1ccccn1. The van der Waals surface area contributed by atoms with E-state index in [4.69, 9.17) is 13.8 Å². The molecule has 0 N–H and O–H groups in total. The minimum Gasteiger partial charge on any atom is -0.499 e. The van der Waals surface area contributed by atoms with Gasteiger partial charge in [0.25, 0.3) is 0 Å². The largest absolute Gasteiger partial charge is 0.499 e. The van der Waals surface area contributed by atoms with Crippen LogP contribution in [0.1, 0.15) is 56.2 Å². The number of benzene rings is 7. The van der Waals surface area contributed by atoms with Crippen LogP contribution >= 0.6 is 0 Å². The summed E-state index contributed by atoms with van der Waals surface area (Å²) in [6.45, 7) is 11.3. The number of nitrogens with zero attached hydrogens (tertiary/aromatic N) is 3. The van der Waals surface area contributed by atoms with Gasteiger partial charge in [-0.3, -0.25) is 4.98 Å². The number of imidazole rings is 1. The Morgan fingerprint density at radius 1 is 0.619 bits per heavy atom. The van der Waals surface area contributed by atoms with Gasteiger partial charge in [0.2, 0.25) is 0 Å². The molecule has 11 aromatic rings. The third kappa shape index (κ3) is 7.60. The van der Waals surface area contributed by atoms with E-state index in [-0.39, 0.29) is 31.9 Å². The Balaban J connectivity index is 0.000000335. The maximum Gasteiger partial charge on any atom is 0.123 e. The quantitative estimate of drug-likeness (QED) is 0.149. The zero-order valence-corrected chi connectivity index (χ0v) is 38.2. The van der Waals surface area contributed by atoms with Crippen molar-refractivity contribution in [1.29, 1.82) is 0 Å². The molecule has 0 saturated carbocycles. The van der Waals surface area contributed by atoms with Crippen LogP contribution in [-0.2, 0) is 20.1 Å². The first kappa shape index (κ1) is 41.5. The molecule has 0 saturated heterocycles. The van der Waals surface area contributed by atoms with Gasteiger partial charge in [0.15, 0.2) is 0 Å². The maximum absolute atomic E-state index is 6.78. The molecule has 0 spiro atoms. The fraction of sp³-hybridized carbons (Fsp3) is 0.123. The van der Waals surface area contributed by atoms with Gasteiger partial charge in [-0.15, -0.1) is 42.0 Å². The molecule has 1 radical (unpaired) electrons. The minimum atomic E-state index is 0. The van der Waals surface area contributed by atoms with Crippen LogP contribution in [0.2, 0.25) is 0 Å². The van der Waals surface area contributed by atoms with Crippen molar-refractivity contribution in [3.05, 3.63) is 199 Å². The average Bonchev–Trinajstić information content (AvgIpc) is 4.01. The minimum absolute atomic E-state index is 0. The number of pyridine rings is 1. The van der Waals surface area contributed by atoms with E-state index >= 15 is 0 Å². The Morgan fingerprint density at radius 3 is 1.95 bits per heavy atom. The molecule has 7 aromatic carbocycles. The van der Waals surface area contributed by atoms with Gasteiger partial charge in [-0.05, 0) is 81.7 Å². The third-order valence-corrected chi connectivity index (χ3v) is 11.7. The molecule has 4 aromatic heterocycles. The first-order valence-electron chi connectivity index (χ1n) is 21.3. The molecule has 11 rings (SSSR count). The second kappa shape index (κ2) is 17.5. The predicted molar refractivity (Wildman–Crippen MR) is 255 cm³/mol. The fourth-order valence-electron chi connectivity index (χ4n) is 8.60. The summed E-state index contributed by atoms with van der Waals surface area (Å²) in [7, 11) is 0.